The Hall–Kier alpha value is -1.64. The highest BCUT2D eigenvalue weighted by Gasteiger charge is 2.27. The van der Waals surface area contributed by atoms with Crippen LogP contribution in [0.2, 0.25) is 0 Å². The number of benzene rings is 1. The molecule has 3 nitrogen and oxygen atoms in total. The lowest BCUT2D eigenvalue weighted by Crippen LogP contribution is -2.01. The summed E-state index contributed by atoms with van der Waals surface area (Å²) >= 11 is 0. The Morgan fingerprint density at radius 2 is 2.28 bits per heavy atom. The van der Waals surface area contributed by atoms with Crippen LogP contribution in [0, 0.1) is 4.91 Å². The molecule has 3 heteroatoms. The van der Waals surface area contributed by atoms with Gasteiger partial charge in [-0.2, -0.15) is 4.91 Å². The summed E-state index contributed by atoms with van der Waals surface area (Å²) in [6.45, 7) is 2.17. The van der Waals surface area contributed by atoms with Gasteiger partial charge in [-0.1, -0.05) is 36.2 Å². The van der Waals surface area contributed by atoms with Gasteiger partial charge in [0.15, 0.2) is 0 Å². The monoisotopic (exact) mass is 245 g/mol. The Morgan fingerprint density at radius 3 is 2.94 bits per heavy atom. The highest BCUT2D eigenvalue weighted by atomic mass is 16.3. The summed E-state index contributed by atoms with van der Waals surface area (Å²) < 4.78 is 0. The lowest BCUT2D eigenvalue weighted by molar-refractivity contribution is 0.475. The standard InChI is InChI=1S/C15H19NO2/c1-2-3-5-11-8-9-14(16-18)15(11)12-6-4-7-13(17)10-12/h4,6-7,10,14,17H,2-3,5,8-9H2,1H3. The molecular formula is C15H19NO2. The molecule has 18 heavy (non-hydrogen) atoms. The van der Waals surface area contributed by atoms with E-state index < -0.39 is 0 Å². The van der Waals surface area contributed by atoms with E-state index in [9.17, 15) is 10.0 Å². The van der Waals surface area contributed by atoms with Gasteiger partial charge in [0.2, 0.25) is 0 Å². The minimum absolute atomic E-state index is 0.237. The molecule has 2 rings (SSSR count). The molecule has 0 heterocycles. The highest BCUT2D eigenvalue weighted by molar-refractivity contribution is 5.75. The molecule has 0 saturated carbocycles. The van der Waals surface area contributed by atoms with E-state index in [0.29, 0.717) is 0 Å². The van der Waals surface area contributed by atoms with Crippen molar-refractivity contribution in [2.75, 3.05) is 0 Å². The zero-order valence-corrected chi connectivity index (χ0v) is 10.7. The number of unbranched alkanes of at least 4 members (excludes halogenated alkanes) is 1. The SMILES string of the molecule is CCCCC1=C(c2cccc(O)c2)C(N=O)CC1. The van der Waals surface area contributed by atoms with Crippen LogP contribution in [-0.4, -0.2) is 11.1 Å². The van der Waals surface area contributed by atoms with Crippen LogP contribution in [0.1, 0.15) is 44.6 Å². The molecule has 1 N–H and O–H groups in total. The van der Waals surface area contributed by atoms with Gasteiger partial charge >= 0.3 is 0 Å². The van der Waals surface area contributed by atoms with Crippen LogP contribution in [0.4, 0.5) is 0 Å². The van der Waals surface area contributed by atoms with Crippen molar-refractivity contribution in [3.8, 4) is 5.75 Å². The molecule has 0 amide bonds. The molecular weight excluding hydrogens is 226 g/mol. The van der Waals surface area contributed by atoms with E-state index >= 15 is 0 Å². The molecule has 96 valence electrons. The molecule has 0 fully saturated rings. The normalized spacial score (nSPS) is 19.3. The van der Waals surface area contributed by atoms with Crippen molar-refractivity contribution in [3.63, 3.8) is 0 Å². The van der Waals surface area contributed by atoms with Gasteiger partial charge in [-0.15, -0.1) is 0 Å². The average molecular weight is 245 g/mol. The highest BCUT2D eigenvalue weighted by Crippen LogP contribution is 2.39. The maximum atomic E-state index is 10.9. The van der Waals surface area contributed by atoms with Crippen LogP contribution in [0.5, 0.6) is 5.75 Å². The average Bonchev–Trinajstić information content (AvgIpc) is 2.79. The zero-order valence-electron chi connectivity index (χ0n) is 10.7. The van der Waals surface area contributed by atoms with Crippen molar-refractivity contribution in [3.05, 3.63) is 40.3 Å². The molecule has 0 bridgehead atoms. The van der Waals surface area contributed by atoms with Crippen LogP contribution in [0.3, 0.4) is 0 Å². The van der Waals surface area contributed by atoms with Crippen molar-refractivity contribution in [1.82, 2.24) is 0 Å². The second kappa shape index (κ2) is 5.80. The van der Waals surface area contributed by atoms with E-state index in [0.717, 1.165) is 43.2 Å². The first-order valence-electron chi connectivity index (χ1n) is 6.60. The van der Waals surface area contributed by atoms with Crippen molar-refractivity contribution in [2.45, 2.75) is 45.1 Å². The summed E-state index contributed by atoms with van der Waals surface area (Å²) in [5, 5.41) is 12.8. The summed E-state index contributed by atoms with van der Waals surface area (Å²) in [5.74, 6) is 0.242. The topological polar surface area (TPSA) is 49.7 Å². The molecule has 1 atom stereocenters. The van der Waals surface area contributed by atoms with Crippen LogP contribution in [-0.2, 0) is 0 Å². The minimum Gasteiger partial charge on any atom is -0.508 e. The molecule has 0 aromatic heterocycles. The van der Waals surface area contributed by atoms with Gasteiger partial charge in [-0.25, -0.2) is 0 Å². The Balaban J connectivity index is 2.36. The number of phenols is 1. The van der Waals surface area contributed by atoms with Crippen molar-refractivity contribution >= 4 is 5.57 Å². The number of rotatable bonds is 5. The number of nitroso groups, excluding NO2 is 1. The number of nitrogens with zero attached hydrogens (tertiary/aromatic N) is 1. The number of hydrogen-bond acceptors (Lipinski definition) is 3. The van der Waals surface area contributed by atoms with Crippen LogP contribution in [0.25, 0.3) is 5.57 Å². The summed E-state index contributed by atoms with van der Waals surface area (Å²) in [6.07, 6.45) is 5.10. The smallest absolute Gasteiger partial charge is 0.118 e. The molecule has 1 aliphatic carbocycles. The predicted octanol–water partition coefficient (Wildman–Crippen LogP) is 4.26. The van der Waals surface area contributed by atoms with Crippen LogP contribution >= 0.6 is 0 Å². The van der Waals surface area contributed by atoms with Crippen molar-refractivity contribution in [1.29, 1.82) is 0 Å². The first-order chi connectivity index (χ1) is 8.76. The van der Waals surface area contributed by atoms with E-state index in [1.807, 2.05) is 12.1 Å². The van der Waals surface area contributed by atoms with Gasteiger partial charge in [-0.3, -0.25) is 0 Å². The zero-order chi connectivity index (χ0) is 13.0. The summed E-state index contributed by atoms with van der Waals surface area (Å²) in [6, 6.07) is 6.90. The molecule has 0 aliphatic heterocycles. The van der Waals surface area contributed by atoms with E-state index in [2.05, 4.69) is 12.1 Å². The fraction of sp³-hybridized carbons (Fsp3) is 0.467. The Kier molecular flexibility index (Phi) is 4.13. The maximum absolute atomic E-state index is 10.9. The van der Waals surface area contributed by atoms with Gasteiger partial charge in [0.05, 0.1) is 0 Å². The fourth-order valence-electron chi connectivity index (χ4n) is 2.65. The van der Waals surface area contributed by atoms with Crippen molar-refractivity contribution < 1.29 is 5.11 Å². The number of allylic oxidation sites excluding steroid dienone is 1. The predicted molar refractivity (Wildman–Crippen MR) is 73.4 cm³/mol. The van der Waals surface area contributed by atoms with Crippen LogP contribution < -0.4 is 0 Å². The fourth-order valence-corrected chi connectivity index (χ4v) is 2.65. The quantitative estimate of drug-likeness (QED) is 0.788. The lowest BCUT2D eigenvalue weighted by Gasteiger charge is -2.10. The van der Waals surface area contributed by atoms with Gasteiger partial charge in [-0.05, 0) is 49.0 Å². The molecule has 1 aliphatic rings. The van der Waals surface area contributed by atoms with Gasteiger partial charge < -0.3 is 5.11 Å². The Morgan fingerprint density at radius 1 is 1.44 bits per heavy atom. The van der Waals surface area contributed by atoms with E-state index in [1.165, 1.54) is 5.57 Å². The third kappa shape index (κ3) is 2.61. The summed E-state index contributed by atoms with van der Waals surface area (Å²) in [5.41, 5.74) is 3.34. The Bertz CT molecular complexity index is 465. The summed E-state index contributed by atoms with van der Waals surface area (Å²) in [7, 11) is 0. The largest absolute Gasteiger partial charge is 0.508 e. The molecule has 1 aromatic rings. The summed E-state index contributed by atoms with van der Waals surface area (Å²) in [4.78, 5) is 10.9. The van der Waals surface area contributed by atoms with Gasteiger partial charge in [0.25, 0.3) is 0 Å². The maximum Gasteiger partial charge on any atom is 0.118 e. The number of hydrogen-bond donors (Lipinski definition) is 1. The second-order valence-corrected chi connectivity index (χ2v) is 4.83. The molecule has 1 aromatic carbocycles. The first kappa shape index (κ1) is 12.8. The second-order valence-electron chi connectivity index (χ2n) is 4.83. The van der Waals surface area contributed by atoms with E-state index in [1.54, 1.807) is 12.1 Å². The number of aromatic hydroxyl groups is 1. The van der Waals surface area contributed by atoms with Crippen LogP contribution in [0.15, 0.2) is 35.0 Å². The third-order valence-electron chi connectivity index (χ3n) is 3.55. The molecule has 0 radical (unpaired) electrons. The minimum atomic E-state index is -0.237. The molecule has 0 saturated heterocycles. The van der Waals surface area contributed by atoms with E-state index in [-0.39, 0.29) is 11.8 Å². The van der Waals surface area contributed by atoms with Gasteiger partial charge in [0, 0.05) is 0 Å². The molecule has 1 unspecified atom stereocenters. The van der Waals surface area contributed by atoms with Gasteiger partial charge in [0.1, 0.15) is 11.8 Å². The number of phenolic OH excluding ortho intramolecular Hbond substituents is 1. The van der Waals surface area contributed by atoms with Crippen molar-refractivity contribution in [2.24, 2.45) is 5.18 Å². The first-order valence-corrected chi connectivity index (χ1v) is 6.60. The Labute approximate surface area is 108 Å². The third-order valence-corrected chi connectivity index (χ3v) is 3.55. The van der Waals surface area contributed by atoms with E-state index in [4.69, 9.17) is 0 Å². The molecule has 0 spiro atoms. The lowest BCUT2D eigenvalue weighted by atomic mass is 9.97.